The van der Waals surface area contributed by atoms with Crippen molar-refractivity contribution in [3.8, 4) is 5.75 Å². The van der Waals surface area contributed by atoms with Crippen LogP contribution < -0.4 is 4.74 Å². The van der Waals surface area contributed by atoms with E-state index in [0.29, 0.717) is 19.1 Å². The summed E-state index contributed by atoms with van der Waals surface area (Å²) < 4.78 is 11.6. The molecule has 0 bridgehead atoms. The molecule has 3 nitrogen and oxygen atoms in total. The van der Waals surface area contributed by atoms with Crippen LogP contribution in [0.3, 0.4) is 0 Å². The van der Waals surface area contributed by atoms with Crippen molar-refractivity contribution in [3.05, 3.63) is 29.3 Å². The maximum absolute atomic E-state index is 5.90. The first-order chi connectivity index (χ1) is 11.1. The standard InChI is InChI=1S/C20H33NO2/c1-16(2)19-6-5-18(4)20(15-19)23-14-13-22-12-11-21-9-7-17(3)8-10-21/h5-6,15-17H,7-14H2,1-4H3. The fraction of sp³-hybridized carbons (Fsp3) is 0.700. The molecule has 1 aliphatic heterocycles. The molecule has 3 heteroatoms. The molecule has 0 radical (unpaired) electrons. The highest BCUT2D eigenvalue weighted by Crippen LogP contribution is 2.24. The molecule has 0 N–H and O–H groups in total. The lowest BCUT2D eigenvalue weighted by atomic mass is 9.99. The van der Waals surface area contributed by atoms with Gasteiger partial charge in [-0.1, -0.05) is 32.9 Å². The van der Waals surface area contributed by atoms with E-state index in [1.165, 1.54) is 37.1 Å². The second-order valence-corrected chi connectivity index (χ2v) is 7.16. The van der Waals surface area contributed by atoms with Crippen LogP contribution in [0.4, 0.5) is 0 Å². The molecule has 1 heterocycles. The molecule has 1 aliphatic rings. The lowest BCUT2D eigenvalue weighted by molar-refractivity contribution is 0.0707. The predicted octanol–water partition coefficient (Wildman–Crippen LogP) is 4.25. The van der Waals surface area contributed by atoms with Gasteiger partial charge in [0.1, 0.15) is 12.4 Å². The van der Waals surface area contributed by atoms with Gasteiger partial charge >= 0.3 is 0 Å². The molecule has 0 amide bonds. The Morgan fingerprint density at radius 3 is 2.57 bits per heavy atom. The van der Waals surface area contributed by atoms with Crippen molar-refractivity contribution in [1.82, 2.24) is 4.90 Å². The van der Waals surface area contributed by atoms with Crippen LogP contribution in [-0.4, -0.2) is 44.4 Å². The summed E-state index contributed by atoms with van der Waals surface area (Å²) in [7, 11) is 0. The van der Waals surface area contributed by atoms with Gasteiger partial charge in [0.05, 0.1) is 13.2 Å². The molecular weight excluding hydrogens is 286 g/mol. The summed E-state index contributed by atoms with van der Waals surface area (Å²) in [6.07, 6.45) is 2.66. The van der Waals surface area contributed by atoms with Gasteiger partial charge in [0.2, 0.25) is 0 Å². The van der Waals surface area contributed by atoms with Gasteiger partial charge < -0.3 is 14.4 Å². The second kappa shape index (κ2) is 9.29. The summed E-state index contributed by atoms with van der Waals surface area (Å²) in [5.74, 6) is 2.41. The Hall–Kier alpha value is -1.06. The number of ether oxygens (including phenoxy) is 2. The van der Waals surface area contributed by atoms with Crippen LogP contribution >= 0.6 is 0 Å². The Bertz CT molecular complexity index is 465. The number of nitrogens with zero attached hydrogens (tertiary/aromatic N) is 1. The summed E-state index contributed by atoms with van der Waals surface area (Å²) in [4.78, 5) is 2.51. The van der Waals surface area contributed by atoms with Crippen LogP contribution in [0.15, 0.2) is 18.2 Å². The minimum absolute atomic E-state index is 0.529. The van der Waals surface area contributed by atoms with Gasteiger partial charge in [-0.15, -0.1) is 0 Å². The van der Waals surface area contributed by atoms with E-state index in [0.717, 1.165) is 24.8 Å². The number of likely N-dealkylation sites (tertiary alicyclic amines) is 1. The lowest BCUT2D eigenvalue weighted by Crippen LogP contribution is -2.35. The number of aryl methyl sites for hydroxylation is 1. The summed E-state index contributed by atoms with van der Waals surface area (Å²) in [5.41, 5.74) is 2.52. The normalized spacial score (nSPS) is 16.9. The molecule has 0 saturated carbocycles. The quantitative estimate of drug-likeness (QED) is 0.669. The Kier molecular flexibility index (Phi) is 7.38. The van der Waals surface area contributed by atoms with Crippen LogP contribution in [0.25, 0.3) is 0 Å². The van der Waals surface area contributed by atoms with E-state index in [9.17, 15) is 0 Å². The first kappa shape index (κ1) is 18.3. The van der Waals surface area contributed by atoms with Gasteiger partial charge in [0.15, 0.2) is 0 Å². The summed E-state index contributed by atoms with van der Waals surface area (Å²) >= 11 is 0. The van der Waals surface area contributed by atoms with Gasteiger partial charge in [0, 0.05) is 6.54 Å². The topological polar surface area (TPSA) is 21.7 Å². The van der Waals surface area contributed by atoms with Crippen molar-refractivity contribution in [2.75, 3.05) is 39.5 Å². The van der Waals surface area contributed by atoms with E-state index >= 15 is 0 Å². The fourth-order valence-electron chi connectivity index (χ4n) is 2.92. The van der Waals surface area contributed by atoms with E-state index in [4.69, 9.17) is 9.47 Å². The van der Waals surface area contributed by atoms with Crippen LogP contribution in [0.1, 0.15) is 50.7 Å². The number of benzene rings is 1. The molecule has 1 aromatic carbocycles. The largest absolute Gasteiger partial charge is 0.491 e. The smallest absolute Gasteiger partial charge is 0.122 e. The summed E-state index contributed by atoms with van der Waals surface area (Å²) in [6, 6.07) is 6.49. The highest BCUT2D eigenvalue weighted by Gasteiger charge is 2.14. The van der Waals surface area contributed by atoms with Crippen molar-refractivity contribution in [2.24, 2.45) is 5.92 Å². The van der Waals surface area contributed by atoms with Gasteiger partial charge in [0.25, 0.3) is 0 Å². The zero-order valence-electron chi connectivity index (χ0n) is 15.3. The third kappa shape index (κ3) is 6.15. The average molecular weight is 319 g/mol. The van der Waals surface area contributed by atoms with Crippen LogP contribution in [0.2, 0.25) is 0 Å². The first-order valence-corrected chi connectivity index (χ1v) is 9.09. The van der Waals surface area contributed by atoms with E-state index < -0.39 is 0 Å². The van der Waals surface area contributed by atoms with Gasteiger partial charge in [-0.05, 0) is 61.9 Å². The van der Waals surface area contributed by atoms with Crippen LogP contribution in [0, 0.1) is 12.8 Å². The third-order valence-corrected chi connectivity index (χ3v) is 4.79. The minimum Gasteiger partial charge on any atom is -0.491 e. The Balaban J connectivity index is 1.61. The minimum atomic E-state index is 0.529. The molecule has 23 heavy (non-hydrogen) atoms. The Morgan fingerprint density at radius 2 is 1.87 bits per heavy atom. The first-order valence-electron chi connectivity index (χ1n) is 9.09. The molecule has 0 aromatic heterocycles. The molecular formula is C20H33NO2. The van der Waals surface area contributed by atoms with Crippen molar-refractivity contribution in [3.63, 3.8) is 0 Å². The SMILES string of the molecule is Cc1ccc(C(C)C)cc1OCCOCCN1CCC(C)CC1. The molecule has 0 atom stereocenters. The Morgan fingerprint density at radius 1 is 1.13 bits per heavy atom. The zero-order chi connectivity index (χ0) is 16.7. The molecule has 0 unspecified atom stereocenters. The van der Waals surface area contributed by atoms with Gasteiger partial charge in [-0.3, -0.25) is 0 Å². The fourth-order valence-corrected chi connectivity index (χ4v) is 2.92. The number of hydrogen-bond acceptors (Lipinski definition) is 3. The average Bonchev–Trinajstić information content (AvgIpc) is 2.53. The lowest BCUT2D eigenvalue weighted by Gasteiger charge is -2.29. The Labute approximate surface area is 142 Å². The van der Waals surface area contributed by atoms with E-state index in [1.54, 1.807) is 0 Å². The highest BCUT2D eigenvalue weighted by molar-refractivity contribution is 5.37. The monoisotopic (exact) mass is 319 g/mol. The maximum Gasteiger partial charge on any atom is 0.122 e. The van der Waals surface area contributed by atoms with E-state index in [-0.39, 0.29) is 0 Å². The second-order valence-electron chi connectivity index (χ2n) is 7.16. The predicted molar refractivity (Wildman–Crippen MR) is 96.4 cm³/mol. The van der Waals surface area contributed by atoms with Crippen LogP contribution in [0.5, 0.6) is 5.75 Å². The number of rotatable bonds is 8. The van der Waals surface area contributed by atoms with Crippen molar-refractivity contribution >= 4 is 0 Å². The number of piperidine rings is 1. The molecule has 1 aromatic rings. The van der Waals surface area contributed by atoms with Crippen molar-refractivity contribution < 1.29 is 9.47 Å². The third-order valence-electron chi connectivity index (χ3n) is 4.79. The molecule has 2 rings (SSSR count). The van der Waals surface area contributed by atoms with Gasteiger partial charge in [-0.25, -0.2) is 0 Å². The zero-order valence-corrected chi connectivity index (χ0v) is 15.3. The van der Waals surface area contributed by atoms with Crippen molar-refractivity contribution in [1.29, 1.82) is 0 Å². The molecule has 0 aliphatic carbocycles. The summed E-state index contributed by atoms with van der Waals surface area (Å²) in [6.45, 7) is 14.5. The number of hydrogen-bond donors (Lipinski definition) is 0. The van der Waals surface area contributed by atoms with E-state index in [1.807, 2.05) is 0 Å². The van der Waals surface area contributed by atoms with Gasteiger partial charge in [-0.2, -0.15) is 0 Å². The highest BCUT2D eigenvalue weighted by atomic mass is 16.5. The molecule has 0 spiro atoms. The van der Waals surface area contributed by atoms with Crippen LogP contribution in [-0.2, 0) is 4.74 Å². The molecule has 1 saturated heterocycles. The van der Waals surface area contributed by atoms with E-state index in [2.05, 4.69) is 50.8 Å². The maximum atomic E-state index is 5.90. The molecule has 1 fully saturated rings. The summed E-state index contributed by atoms with van der Waals surface area (Å²) in [5, 5.41) is 0. The molecule has 130 valence electrons. The van der Waals surface area contributed by atoms with Crippen molar-refractivity contribution in [2.45, 2.75) is 46.5 Å².